The molecule has 16 heavy (non-hydrogen) atoms. The first-order valence-corrected chi connectivity index (χ1v) is 6.45. The first-order chi connectivity index (χ1) is 7.60. The summed E-state index contributed by atoms with van der Waals surface area (Å²) in [5.41, 5.74) is 5.51. The molecular formula is C13H27NO2. The quantitative estimate of drug-likeness (QED) is 0.618. The summed E-state index contributed by atoms with van der Waals surface area (Å²) < 4.78 is 5.16. The first kappa shape index (κ1) is 15.4. The molecule has 2 N–H and O–H groups in total. The van der Waals surface area contributed by atoms with E-state index < -0.39 is 0 Å². The van der Waals surface area contributed by atoms with Crippen LogP contribution in [0.3, 0.4) is 0 Å². The highest BCUT2D eigenvalue weighted by molar-refractivity contribution is 5.69. The molecule has 0 fully saturated rings. The van der Waals surface area contributed by atoms with E-state index in [-0.39, 0.29) is 5.97 Å². The molecule has 96 valence electrons. The number of carbonyl (C=O) groups excluding carboxylic acids is 1. The molecule has 0 saturated heterocycles. The van der Waals surface area contributed by atoms with Gasteiger partial charge in [-0.3, -0.25) is 4.79 Å². The predicted octanol–water partition coefficient (Wildman–Crippen LogP) is 2.73. The molecule has 0 radical (unpaired) electrons. The molecule has 1 atom stereocenters. The number of hydrogen-bond donors (Lipinski definition) is 1. The van der Waals surface area contributed by atoms with Gasteiger partial charge in [-0.2, -0.15) is 0 Å². The topological polar surface area (TPSA) is 52.3 Å². The van der Waals surface area contributed by atoms with Crippen LogP contribution in [0.4, 0.5) is 0 Å². The molecule has 0 aliphatic rings. The summed E-state index contributed by atoms with van der Waals surface area (Å²) in [5, 5.41) is 0. The summed E-state index contributed by atoms with van der Waals surface area (Å²) in [7, 11) is 0. The molecule has 0 aliphatic heterocycles. The van der Waals surface area contributed by atoms with Gasteiger partial charge in [0.1, 0.15) is 0 Å². The lowest BCUT2D eigenvalue weighted by Crippen LogP contribution is -2.12. The fourth-order valence-corrected chi connectivity index (χ4v) is 1.59. The predicted molar refractivity (Wildman–Crippen MR) is 67.1 cm³/mol. The standard InChI is InChI=1S/C13H27NO2/c1-4-12(7-9-14)5-6-13(15)16-10-8-11(2)3/h11-12H,4-10,14H2,1-3H3. The normalized spacial score (nSPS) is 12.8. The number of carbonyl (C=O) groups is 1. The van der Waals surface area contributed by atoms with Crippen molar-refractivity contribution in [2.24, 2.45) is 17.6 Å². The van der Waals surface area contributed by atoms with Gasteiger partial charge < -0.3 is 10.5 Å². The van der Waals surface area contributed by atoms with Crippen molar-refractivity contribution in [3.63, 3.8) is 0 Å². The zero-order valence-electron chi connectivity index (χ0n) is 11.0. The molecule has 0 aromatic carbocycles. The second-order valence-corrected chi connectivity index (χ2v) is 4.79. The highest BCUT2D eigenvalue weighted by Gasteiger charge is 2.09. The van der Waals surface area contributed by atoms with Crippen molar-refractivity contribution in [2.75, 3.05) is 13.2 Å². The number of esters is 1. The molecule has 3 heteroatoms. The molecule has 0 aliphatic carbocycles. The van der Waals surface area contributed by atoms with Crippen LogP contribution in [-0.4, -0.2) is 19.1 Å². The minimum atomic E-state index is -0.0591. The summed E-state index contributed by atoms with van der Waals surface area (Å²) in [5.74, 6) is 1.10. The second kappa shape index (κ2) is 9.64. The van der Waals surface area contributed by atoms with Gasteiger partial charge in [-0.25, -0.2) is 0 Å². The van der Waals surface area contributed by atoms with Gasteiger partial charge in [0.2, 0.25) is 0 Å². The Balaban J connectivity index is 3.55. The van der Waals surface area contributed by atoms with E-state index >= 15 is 0 Å². The number of rotatable bonds is 9. The molecular weight excluding hydrogens is 202 g/mol. The Morgan fingerprint density at radius 2 is 1.94 bits per heavy atom. The van der Waals surface area contributed by atoms with Gasteiger partial charge in [-0.05, 0) is 37.6 Å². The average molecular weight is 229 g/mol. The molecule has 1 unspecified atom stereocenters. The van der Waals surface area contributed by atoms with Crippen LogP contribution >= 0.6 is 0 Å². The van der Waals surface area contributed by atoms with E-state index in [4.69, 9.17) is 10.5 Å². The fourth-order valence-electron chi connectivity index (χ4n) is 1.59. The zero-order valence-corrected chi connectivity index (χ0v) is 11.0. The van der Waals surface area contributed by atoms with Crippen molar-refractivity contribution < 1.29 is 9.53 Å². The Bertz CT molecular complexity index is 181. The van der Waals surface area contributed by atoms with E-state index in [0.29, 0.717) is 31.4 Å². The van der Waals surface area contributed by atoms with Gasteiger partial charge in [0.25, 0.3) is 0 Å². The third-order valence-corrected chi connectivity index (χ3v) is 2.87. The van der Waals surface area contributed by atoms with Crippen LogP contribution in [0, 0.1) is 11.8 Å². The molecule has 0 spiro atoms. The number of ether oxygens (including phenoxy) is 1. The molecule has 0 bridgehead atoms. The average Bonchev–Trinajstić information content (AvgIpc) is 2.23. The molecule has 0 aromatic heterocycles. The minimum Gasteiger partial charge on any atom is -0.466 e. The van der Waals surface area contributed by atoms with E-state index in [9.17, 15) is 4.79 Å². The summed E-state index contributed by atoms with van der Waals surface area (Å²) in [6.45, 7) is 7.67. The maximum Gasteiger partial charge on any atom is 0.305 e. The van der Waals surface area contributed by atoms with Crippen molar-refractivity contribution in [1.29, 1.82) is 0 Å². The van der Waals surface area contributed by atoms with Crippen molar-refractivity contribution in [3.05, 3.63) is 0 Å². The molecule has 0 rings (SSSR count). The maximum atomic E-state index is 11.4. The minimum absolute atomic E-state index is 0.0591. The van der Waals surface area contributed by atoms with E-state index in [1.165, 1.54) is 0 Å². The van der Waals surface area contributed by atoms with Crippen LogP contribution in [0.2, 0.25) is 0 Å². The van der Waals surface area contributed by atoms with Gasteiger partial charge in [0.05, 0.1) is 6.61 Å². The van der Waals surface area contributed by atoms with Gasteiger partial charge in [0, 0.05) is 6.42 Å². The van der Waals surface area contributed by atoms with Crippen LogP contribution in [-0.2, 0) is 9.53 Å². The highest BCUT2D eigenvalue weighted by Crippen LogP contribution is 2.14. The lowest BCUT2D eigenvalue weighted by Gasteiger charge is -2.13. The van der Waals surface area contributed by atoms with Crippen molar-refractivity contribution in [3.8, 4) is 0 Å². The van der Waals surface area contributed by atoms with Crippen LogP contribution in [0.1, 0.15) is 52.9 Å². The van der Waals surface area contributed by atoms with E-state index in [1.54, 1.807) is 0 Å². The van der Waals surface area contributed by atoms with Crippen LogP contribution < -0.4 is 5.73 Å². The van der Waals surface area contributed by atoms with Gasteiger partial charge in [0.15, 0.2) is 0 Å². The third kappa shape index (κ3) is 8.72. The summed E-state index contributed by atoms with van der Waals surface area (Å²) >= 11 is 0. The molecule has 0 saturated carbocycles. The zero-order chi connectivity index (χ0) is 12.4. The Morgan fingerprint density at radius 3 is 2.44 bits per heavy atom. The molecule has 0 aromatic rings. The smallest absolute Gasteiger partial charge is 0.305 e. The lowest BCUT2D eigenvalue weighted by atomic mass is 9.97. The summed E-state index contributed by atoms with van der Waals surface area (Å²) in [6, 6.07) is 0. The summed E-state index contributed by atoms with van der Waals surface area (Å²) in [4.78, 5) is 11.4. The van der Waals surface area contributed by atoms with E-state index in [0.717, 1.165) is 25.7 Å². The maximum absolute atomic E-state index is 11.4. The number of nitrogens with two attached hydrogens (primary N) is 1. The third-order valence-electron chi connectivity index (χ3n) is 2.87. The Hall–Kier alpha value is -0.570. The number of hydrogen-bond acceptors (Lipinski definition) is 3. The van der Waals surface area contributed by atoms with Crippen molar-refractivity contribution >= 4 is 5.97 Å². The molecule has 3 nitrogen and oxygen atoms in total. The van der Waals surface area contributed by atoms with Crippen molar-refractivity contribution in [1.82, 2.24) is 0 Å². The SMILES string of the molecule is CCC(CCN)CCC(=O)OCCC(C)C. The molecule has 0 amide bonds. The van der Waals surface area contributed by atoms with Gasteiger partial charge >= 0.3 is 5.97 Å². The van der Waals surface area contributed by atoms with E-state index in [2.05, 4.69) is 20.8 Å². The van der Waals surface area contributed by atoms with Gasteiger partial charge in [-0.15, -0.1) is 0 Å². The van der Waals surface area contributed by atoms with Crippen molar-refractivity contribution in [2.45, 2.75) is 52.9 Å². The lowest BCUT2D eigenvalue weighted by molar-refractivity contribution is -0.144. The second-order valence-electron chi connectivity index (χ2n) is 4.79. The monoisotopic (exact) mass is 229 g/mol. The Labute approximate surface area is 99.7 Å². The largest absolute Gasteiger partial charge is 0.466 e. The summed E-state index contributed by atoms with van der Waals surface area (Å²) in [6.07, 6.45) is 4.50. The first-order valence-electron chi connectivity index (χ1n) is 6.45. The van der Waals surface area contributed by atoms with Crippen LogP contribution in [0.5, 0.6) is 0 Å². The molecule has 0 heterocycles. The van der Waals surface area contributed by atoms with Crippen LogP contribution in [0.15, 0.2) is 0 Å². The van der Waals surface area contributed by atoms with Crippen LogP contribution in [0.25, 0.3) is 0 Å². The fraction of sp³-hybridized carbons (Fsp3) is 0.923. The Morgan fingerprint density at radius 1 is 1.25 bits per heavy atom. The highest BCUT2D eigenvalue weighted by atomic mass is 16.5. The Kier molecular flexibility index (Phi) is 9.30. The van der Waals surface area contributed by atoms with E-state index in [1.807, 2.05) is 0 Å². The van der Waals surface area contributed by atoms with Gasteiger partial charge in [-0.1, -0.05) is 27.2 Å².